The molecule has 3 rings (SSSR count). The Bertz CT molecular complexity index is 569. The van der Waals surface area contributed by atoms with Crippen molar-refractivity contribution in [2.24, 2.45) is 0 Å². The van der Waals surface area contributed by atoms with Crippen molar-refractivity contribution >= 4 is 11.6 Å². The molecule has 0 aliphatic carbocycles. The smallest absolute Gasteiger partial charge is 0.247 e. The molecule has 1 aromatic heterocycles. The number of halogens is 1. The number of nitrogens with zero attached hydrogens (tertiary/aromatic N) is 3. The number of aromatic nitrogens is 2. The van der Waals surface area contributed by atoms with Gasteiger partial charge >= 0.3 is 0 Å². The summed E-state index contributed by atoms with van der Waals surface area (Å²) in [5, 5.41) is 12.3. The monoisotopic (exact) mass is 292 g/mol. The third-order valence-corrected chi connectivity index (χ3v) is 3.62. The fourth-order valence-corrected chi connectivity index (χ4v) is 2.50. The van der Waals surface area contributed by atoms with Crippen LogP contribution in [0.15, 0.2) is 28.7 Å². The molecule has 1 aliphatic heterocycles. The molecule has 1 saturated heterocycles. The maximum absolute atomic E-state index is 5.87. The Morgan fingerprint density at radius 3 is 2.90 bits per heavy atom. The van der Waals surface area contributed by atoms with Gasteiger partial charge in [-0.1, -0.05) is 11.6 Å². The molecular weight excluding hydrogens is 276 g/mol. The lowest BCUT2D eigenvalue weighted by Crippen LogP contribution is -2.48. The summed E-state index contributed by atoms with van der Waals surface area (Å²) in [5.41, 5.74) is 0.891. The summed E-state index contributed by atoms with van der Waals surface area (Å²) in [5.74, 6) is 1.20. The minimum absolute atomic E-state index is 0.502. The van der Waals surface area contributed by atoms with Gasteiger partial charge in [0.05, 0.1) is 6.54 Å². The summed E-state index contributed by atoms with van der Waals surface area (Å²) in [6.07, 6.45) is 0. The molecule has 0 amide bonds. The highest BCUT2D eigenvalue weighted by Gasteiger charge is 2.18. The number of hydrogen-bond donors (Lipinski definition) is 1. The molecular formula is C14H17ClN4O. The van der Waals surface area contributed by atoms with Crippen molar-refractivity contribution in [2.45, 2.75) is 19.5 Å². The van der Waals surface area contributed by atoms with Crippen molar-refractivity contribution in [2.75, 3.05) is 19.6 Å². The van der Waals surface area contributed by atoms with Crippen molar-refractivity contribution in [3.05, 3.63) is 35.2 Å². The van der Waals surface area contributed by atoms with Crippen LogP contribution in [-0.4, -0.2) is 40.8 Å². The highest BCUT2D eigenvalue weighted by molar-refractivity contribution is 6.30. The van der Waals surface area contributed by atoms with E-state index >= 15 is 0 Å². The highest BCUT2D eigenvalue weighted by Crippen LogP contribution is 2.20. The fourth-order valence-electron chi connectivity index (χ4n) is 2.37. The van der Waals surface area contributed by atoms with Crippen LogP contribution < -0.4 is 5.32 Å². The number of piperazine rings is 1. The Kier molecular flexibility index (Phi) is 4.00. The Morgan fingerprint density at radius 2 is 2.15 bits per heavy atom. The van der Waals surface area contributed by atoms with Crippen LogP contribution in [0.4, 0.5) is 0 Å². The lowest BCUT2D eigenvalue weighted by molar-refractivity contribution is 0.184. The Balaban J connectivity index is 1.69. The maximum Gasteiger partial charge on any atom is 0.247 e. The van der Waals surface area contributed by atoms with E-state index < -0.39 is 0 Å². The van der Waals surface area contributed by atoms with Crippen LogP contribution in [0.3, 0.4) is 0 Å². The van der Waals surface area contributed by atoms with Gasteiger partial charge in [-0.25, -0.2) is 0 Å². The van der Waals surface area contributed by atoms with Crippen LogP contribution >= 0.6 is 11.6 Å². The second-order valence-electron chi connectivity index (χ2n) is 5.10. The Labute approximate surface area is 122 Å². The van der Waals surface area contributed by atoms with Crippen molar-refractivity contribution in [1.82, 2.24) is 20.4 Å². The lowest BCUT2D eigenvalue weighted by Gasteiger charge is -2.30. The minimum Gasteiger partial charge on any atom is -0.419 e. The first-order valence-corrected chi connectivity index (χ1v) is 7.12. The van der Waals surface area contributed by atoms with Crippen LogP contribution in [0, 0.1) is 0 Å². The van der Waals surface area contributed by atoms with E-state index in [2.05, 4.69) is 27.3 Å². The normalized spacial score (nSPS) is 20.2. The van der Waals surface area contributed by atoms with E-state index in [-0.39, 0.29) is 0 Å². The molecule has 1 unspecified atom stereocenters. The summed E-state index contributed by atoms with van der Waals surface area (Å²) in [6, 6.07) is 7.90. The van der Waals surface area contributed by atoms with Gasteiger partial charge in [-0.2, -0.15) is 0 Å². The zero-order chi connectivity index (χ0) is 13.9. The third-order valence-electron chi connectivity index (χ3n) is 3.37. The van der Waals surface area contributed by atoms with Crippen molar-refractivity contribution < 1.29 is 4.42 Å². The second kappa shape index (κ2) is 5.91. The van der Waals surface area contributed by atoms with E-state index in [1.807, 2.05) is 24.3 Å². The van der Waals surface area contributed by atoms with Gasteiger partial charge in [0.15, 0.2) is 0 Å². The summed E-state index contributed by atoms with van der Waals surface area (Å²) < 4.78 is 5.72. The number of rotatable bonds is 3. The van der Waals surface area contributed by atoms with Gasteiger partial charge in [0.1, 0.15) is 0 Å². The van der Waals surface area contributed by atoms with Gasteiger partial charge in [0, 0.05) is 36.3 Å². The van der Waals surface area contributed by atoms with Gasteiger partial charge in [0.25, 0.3) is 0 Å². The van der Waals surface area contributed by atoms with Gasteiger partial charge in [-0.3, -0.25) is 4.90 Å². The molecule has 20 heavy (non-hydrogen) atoms. The Morgan fingerprint density at radius 1 is 1.35 bits per heavy atom. The van der Waals surface area contributed by atoms with E-state index in [4.69, 9.17) is 16.0 Å². The molecule has 1 N–H and O–H groups in total. The predicted molar refractivity (Wildman–Crippen MR) is 77.5 cm³/mol. The molecule has 1 aliphatic rings. The summed E-state index contributed by atoms with van der Waals surface area (Å²) in [7, 11) is 0. The van der Waals surface area contributed by atoms with Gasteiger partial charge in [0.2, 0.25) is 11.8 Å². The first-order valence-electron chi connectivity index (χ1n) is 6.75. The van der Waals surface area contributed by atoms with E-state index in [1.165, 1.54) is 0 Å². The topological polar surface area (TPSA) is 54.2 Å². The molecule has 1 aromatic carbocycles. The fraction of sp³-hybridized carbons (Fsp3) is 0.429. The SMILES string of the molecule is CC1CN(Cc2nnc(-c3ccc(Cl)cc3)o2)CCN1. The molecule has 2 aromatic rings. The number of hydrogen-bond acceptors (Lipinski definition) is 5. The molecule has 106 valence electrons. The van der Waals surface area contributed by atoms with Crippen molar-refractivity contribution in [1.29, 1.82) is 0 Å². The molecule has 1 fully saturated rings. The molecule has 0 bridgehead atoms. The zero-order valence-electron chi connectivity index (χ0n) is 11.3. The van der Waals surface area contributed by atoms with Gasteiger partial charge < -0.3 is 9.73 Å². The third kappa shape index (κ3) is 3.17. The molecule has 6 heteroatoms. The van der Waals surface area contributed by atoms with Crippen LogP contribution in [0.5, 0.6) is 0 Å². The van der Waals surface area contributed by atoms with Crippen molar-refractivity contribution in [3.8, 4) is 11.5 Å². The van der Waals surface area contributed by atoms with Crippen LogP contribution in [0.25, 0.3) is 11.5 Å². The second-order valence-corrected chi connectivity index (χ2v) is 5.53. The van der Waals surface area contributed by atoms with E-state index in [0.29, 0.717) is 29.4 Å². The predicted octanol–water partition coefficient (Wildman–Crippen LogP) is 2.18. The largest absolute Gasteiger partial charge is 0.419 e. The van der Waals surface area contributed by atoms with Crippen LogP contribution in [0.2, 0.25) is 5.02 Å². The summed E-state index contributed by atoms with van der Waals surface area (Å²) >= 11 is 5.87. The molecule has 5 nitrogen and oxygen atoms in total. The van der Waals surface area contributed by atoms with E-state index in [1.54, 1.807) is 0 Å². The maximum atomic E-state index is 5.87. The standard InChI is InChI=1S/C14H17ClN4O/c1-10-8-19(7-6-16-10)9-13-17-18-14(20-13)11-2-4-12(15)5-3-11/h2-5,10,16H,6-9H2,1H3. The van der Waals surface area contributed by atoms with Crippen LogP contribution in [0.1, 0.15) is 12.8 Å². The summed E-state index contributed by atoms with van der Waals surface area (Å²) in [6.45, 7) is 5.88. The van der Waals surface area contributed by atoms with Crippen LogP contribution in [-0.2, 0) is 6.54 Å². The minimum atomic E-state index is 0.502. The number of benzene rings is 1. The van der Waals surface area contributed by atoms with Gasteiger partial charge in [-0.15, -0.1) is 10.2 Å². The zero-order valence-corrected chi connectivity index (χ0v) is 12.1. The first-order chi connectivity index (χ1) is 9.70. The molecule has 0 radical (unpaired) electrons. The Hall–Kier alpha value is -1.43. The van der Waals surface area contributed by atoms with E-state index in [9.17, 15) is 0 Å². The average molecular weight is 293 g/mol. The lowest BCUT2D eigenvalue weighted by atomic mass is 10.2. The molecule has 0 saturated carbocycles. The average Bonchev–Trinajstić information content (AvgIpc) is 2.88. The quantitative estimate of drug-likeness (QED) is 0.940. The molecule has 1 atom stereocenters. The molecule has 0 spiro atoms. The first kappa shape index (κ1) is 13.5. The number of nitrogens with one attached hydrogen (secondary N) is 1. The highest BCUT2D eigenvalue weighted by atomic mass is 35.5. The van der Waals surface area contributed by atoms with E-state index in [0.717, 1.165) is 25.2 Å². The van der Waals surface area contributed by atoms with Crippen molar-refractivity contribution in [3.63, 3.8) is 0 Å². The molecule has 2 heterocycles. The summed E-state index contributed by atoms with van der Waals surface area (Å²) in [4.78, 5) is 2.32. The van der Waals surface area contributed by atoms with Gasteiger partial charge in [-0.05, 0) is 31.2 Å².